The molecule has 0 aliphatic heterocycles. The second kappa shape index (κ2) is 5.10. The van der Waals surface area contributed by atoms with Crippen molar-refractivity contribution in [2.75, 3.05) is 0 Å². The second-order valence-electron chi connectivity index (χ2n) is 4.62. The van der Waals surface area contributed by atoms with E-state index in [2.05, 4.69) is 29.8 Å². The van der Waals surface area contributed by atoms with Crippen molar-refractivity contribution in [3.63, 3.8) is 0 Å². The fraction of sp³-hybridized carbons (Fsp3) is 0.385. The van der Waals surface area contributed by atoms with E-state index in [1.54, 1.807) is 18.2 Å². The minimum absolute atomic E-state index is 0.417. The molecule has 0 unspecified atom stereocenters. The molecule has 0 saturated heterocycles. The first-order chi connectivity index (χ1) is 8.50. The van der Waals surface area contributed by atoms with E-state index >= 15 is 0 Å². The number of nitrogens with zero attached hydrogens (tertiary/aromatic N) is 1. The number of aromatic nitrogens is 1. The Labute approximate surface area is 112 Å². The highest BCUT2D eigenvalue weighted by Gasteiger charge is 2.11. The van der Waals surface area contributed by atoms with Gasteiger partial charge in [0.05, 0.1) is 10.9 Å². The van der Waals surface area contributed by atoms with Crippen molar-refractivity contribution in [2.45, 2.75) is 26.8 Å². The Balaban J connectivity index is 2.69. The molecule has 0 radical (unpaired) electrons. The van der Waals surface area contributed by atoms with E-state index in [9.17, 15) is 9.59 Å². The number of rotatable bonds is 3. The molecule has 1 aromatic carbocycles. The second-order valence-corrected chi connectivity index (χ2v) is 5.48. The molecule has 0 aliphatic rings. The predicted octanol–water partition coefficient (Wildman–Crippen LogP) is 2.76. The van der Waals surface area contributed by atoms with E-state index in [1.165, 1.54) is 4.57 Å². The Hall–Kier alpha value is -1.36. The average molecular weight is 312 g/mol. The van der Waals surface area contributed by atoms with Gasteiger partial charge < -0.3 is 4.42 Å². The zero-order chi connectivity index (χ0) is 13.3. The Kier molecular flexibility index (Phi) is 3.71. The molecule has 4 nitrogen and oxygen atoms in total. The molecule has 2 rings (SSSR count). The van der Waals surface area contributed by atoms with Crippen LogP contribution in [0.15, 0.2) is 36.7 Å². The summed E-state index contributed by atoms with van der Waals surface area (Å²) in [6, 6.07) is 5.33. The quantitative estimate of drug-likeness (QED) is 0.875. The lowest BCUT2D eigenvalue weighted by Gasteiger charge is -2.10. The molecular weight excluding hydrogens is 298 g/mol. The van der Waals surface area contributed by atoms with Crippen LogP contribution in [0.1, 0.15) is 20.3 Å². The fourth-order valence-electron chi connectivity index (χ4n) is 1.82. The largest absolute Gasteiger partial charge is 0.422 e. The van der Waals surface area contributed by atoms with Crippen LogP contribution >= 0.6 is 15.9 Å². The van der Waals surface area contributed by atoms with Gasteiger partial charge in [0, 0.05) is 11.0 Å². The molecule has 96 valence electrons. The van der Waals surface area contributed by atoms with Crippen molar-refractivity contribution in [2.24, 2.45) is 5.92 Å². The summed E-state index contributed by atoms with van der Waals surface area (Å²) in [6.45, 7) is 4.72. The molecule has 2 aromatic rings. The summed E-state index contributed by atoms with van der Waals surface area (Å²) >= 11 is 3.31. The molecular formula is C13H14BrNO3. The summed E-state index contributed by atoms with van der Waals surface area (Å²) in [7, 11) is 0. The fourth-order valence-corrected chi connectivity index (χ4v) is 2.34. The van der Waals surface area contributed by atoms with Crippen LogP contribution < -0.4 is 11.4 Å². The molecule has 0 N–H and O–H groups in total. The van der Waals surface area contributed by atoms with Crippen LogP contribution in [0.5, 0.6) is 0 Å². The van der Waals surface area contributed by atoms with Gasteiger partial charge in [-0.05, 0) is 40.4 Å². The molecule has 1 heterocycles. The maximum atomic E-state index is 11.8. The lowest BCUT2D eigenvalue weighted by Crippen LogP contribution is -2.25. The first-order valence-electron chi connectivity index (χ1n) is 5.83. The van der Waals surface area contributed by atoms with Gasteiger partial charge >= 0.3 is 11.4 Å². The van der Waals surface area contributed by atoms with Gasteiger partial charge in [0.25, 0.3) is 0 Å². The molecule has 5 heteroatoms. The third kappa shape index (κ3) is 2.41. The molecule has 0 aliphatic carbocycles. The minimum Gasteiger partial charge on any atom is -0.372 e. The van der Waals surface area contributed by atoms with Crippen LogP contribution in [0, 0.1) is 5.92 Å². The number of benzene rings is 1. The van der Waals surface area contributed by atoms with Crippen LogP contribution in [0.2, 0.25) is 0 Å². The summed E-state index contributed by atoms with van der Waals surface area (Å²) in [5.74, 6) is -0.114. The van der Waals surface area contributed by atoms with E-state index < -0.39 is 11.4 Å². The summed E-state index contributed by atoms with van der Waals surface area (Å²) < 4.78 is 6.92. The van der Waals surface area contributed by atoms with Gasteiger partial charge in [-0.25, -0.2) is 9.59 Å². The Morgan fingerprint density at radius 3 is 2.72 bits per heavy atom. The third-order valence-corrected chi connectivity index (χ3v) is 3.48. The van der Waals surface area contributed by atoms with Crippen LogP contribution in [-0.2, 0) is 6.54 Å². The molecule has 0 fully saturated rings. The van der Waals surface area contributed by atoms with E-state index in [-0.39, 0.29) is 0 Å². The standard InChI is InChI=1S/C13H14BrNO3/c1-8(2)6-7-15-10-5-3-4-9(14)11(10)12(16)18-13(15)17/h3-5,8H,6-7H2,1-2H3. The van der Waals surface area contributed by atoms with Crippen molar-refractivity contribution in [3.8, 4) is 0 Å². The average Bonchev–Trinajstić information content (AvgIpc) is 2.27. The highest BCUT2D eigenvalue weighted by atomic mass is 79.9. The van der Waals surface area contributed by atoms with Gasteiger partial charge in [-0.1, -0.05) is 19.9 Å². The molecule has 0 saturated carbocycles. The van der Waals surface area contributed by atoms with Crippen LogP contribution in [0.4, 0.5) is 0 Å². The predicted molar refractivity (Wildman–Crippen MR) is 73.9 cm³/mol. The first kappa shape index (κ1) is 13.1. The van der Waals surface area contributed by atoms with Crippen molar-refractivity contribution in [1.29, 1.82) is 0 Å². The molecule has 0 amide bonds. The molecule has 0 bridgehead atoms. The van der Waals surface area contributed by atoms with Gasteiger partial charge in [-0.15, -0.1) is 0 Å². The van der Waals surface area contributed by atoms with E-state index in [0.717, 1.165) is 6.42 Å². The smallest absolute Gasteiger partial charge is 0.372 e. The summed E-state index contributed by atoms with van der Waals surface area (Å²) in [6.07, 6.45) is 0.856. The van der Waals surface area contributed by atoms with Crippen molar-refractivity contribution in [1.82, 2.24) is 4.57 Å². The van der Waals surface area contributed by atoms with Crippen molar-refractivity contribution < 1.29 is 4.42 Å². The first-order valence-corrected chi connectivity index (χ1v) is 6.62. The Morgan fingerprint density at radius 2 is 2.06 bits per heavy atom. The molecule has 1 aromatic heterocycles. The Morgan fingerprint density at radius 1 is 1.33 bits per heavy atom. The number of fused-ring (bicyclic) bond motifs is 1. The number of hydrogen-bond acceptors (Lipinski definition) is 3. The highest BCUT2D eigenvalue weighted by molar-refractivity contribution is 9.10. The lowest BCUT2D eigenvalue weighted by atomic mass is 10.1. The van der Waals surface area contributed by atoms with Gasteiger partial charge in [0.15, 0.2) is 0 Å². The van der Waals surface area contributed by atoms with Crippen LogP contribution in [0.25, 0.3) is 10.9 Å². The van der Waals surface area contributed by atoms with Gasteiger partial charge in [0.1, 0.15) is 0 Å². The molecule has 0 spiro atoms. The van der Waals surface area contributed by atoms with Crippen LogP contribution in [-0.4, -0.2) is 4.57 Å². The maximum Gasteiger partial charge on any atom is 0.422 e. The third-order valence-electron chi connectivity index (χ3n) is 2.82. The molecule has 18 heavy (non-hydrogen) atoms. The minimum atomic E-state index is -0.594. The van der Waals surface area contributed by atoms with Crippen LogP contribution in [0.3, 0.4) is 0 Å². The topological polar surface area (TPSA) is 52.2 Å². The normalized spacial score (nSPS) is 11.3. The molecule has 0 atom stereocenters. The monoisotopic (exact) mass is 311 g/mol. The summed E-state index contributed by atoms with van der Waals surface area (Å²) in [5, 5.41) is 0.417. The van der Waals surface area contributed by atoms with E-state index in [1.807, 2.05) is 0 Å². The maximum absolute atomic E-state index is 11.8. The van der Waals surface area contributed by atoms with E-state index in [4.69, 9.17) is 4.42 Å². The SMILES string of the molecule is CC(C)CCn1c(=O)oc(=O)c2c(Br)cccc21. The van der Waals surface area contributed by atoms with E-state index in [0.29, 0.717) is 27.8 Å². The van der Waals surface area contributed by atoms with Gasteiger partial charge in [0.2, 0.25) is 0 Å². The highest BCUT2D eigenvalue weighted by Crippen LogP contribution is 2.19. The number of aryl methyl sites for hydroxylation is 1. The summed E-state index contributed by atoms with van der Waals surface area (Å²) in [4.78, 5) is 23.5. The lowest BCUT2D eigenvalue weighted by molar-refractivity contribution is 0.399. The number of halogens is 1. The zero-order valence-electron chi connectivity index (χ0n) is 10.3. The van der Waals surface area contributed by atoms with Crippen molar-refractivity contribution in [3.05, 3.63) is 43.6 Å². The Bertz CT molecular complexity index is 685. The summed E-state index contributed by atoms with van der Waals surface area (Å²) in [5.41, 5.74) is 0.0227. The number of hydrogen-bond donors (Lipinski definition) is 0. The van der Waals surface area contributed by atoms with Gasteiger partial charge in [-0.2, -0.15) is 0 Å². The van der Waals surface area contributed by atoms with Crippen molar-refractivity contribution >= 4 is 26.8 Å². The van der Waals surface area contributed by atoms with Gasteiger partial charge in [-0.3, -0.25) is 4.57 Å². The zero-order valence-corrected chi connectivity index (χ0v) is 11.9.